The van der Waals surface area contributed by atoms with Crippen LogP contribution in [0.2, 0.25) is 0 Å². The summed E-state index contributed by atoms with van der Waals surface area (Å²) in [6, 6.07) is 5.57. The van der Waals surface area contributed by atoms with Gasteiger partial charge in [-0.25, -0.2) is 0 Å². The lowest BCUT2D eigenvalue weighted by molar-refractivity contribution is -0.137. The minimum absolute atomic E-state index is 0.126. The number of hydrogen-bond donors (Lipinski definition) is 1. The predicted octanol–water partition coefficient (Wildman–Crippen LogP) is 2.80. The molecule has 1 aromatic carbocycles. The quantitative estimate of drug-likeness (QED) is 0.863. The van der Waals surface area contributed by atoms with Crippen molar-refractivity contribution in [2.75, 3.05) is 13.1 Å². The number of nitrogens with one attached hydrogen (secondary N) is 1. The Hall–Kier alpha value is -1.56. The highest BCUT2D eigenvalue weighted by Crippen LogP contribution is 2.40. The number of benzene rings is 1. The molecule has 2 bridgehead atoms. The lowest BCUT2D eigenvalue weighted by atomic mass is 9.78. The summed E-state index contributed by atoms with van der Waals surface area (Å²) in [5, 5.41) is 4.43. The summed E-state index contributed by atoms with van der Waals surface area (Å²) in [6.07, 6.45) is -2.07. The molecule has 2 atom stereocenters. The van der Waals surface area contributed by atoms with Crippen LogP contribution in [0.4, 0.5) is 13.2 Å². The zero-order valence-corrected chi connectivity index (χ0v) is 11.4. The van der Waals surface area contributed by atoms with Crippen molar-refractivity contribution in [3.8, 4) is 0 Å². The predicted molar refractivity (Wildman–Crippen MR) is 72.8 cm³/mol. The Kier molecular flexibility index (Phi) is 2.79. The fraction of sp³-hybridized carbons (Fsp3) is 0.533. The first kappa shape index (κ1) is 13.1. The Morgan fingerprint density at radius 3 is 2.67 bits per heavy atom. The van der Waals surface area contributed by atoms with Crippen LogP contribution in [-0.2, 0) is 6.18 Å². The van der Waals surface area contributed by atoms with E-state index in [0.29, 0.717) is 11.5 Å². The molecule has 3 fully saturated rings. The summed E-state index contributed by atoms with van der Waals surface area (Å²) in [5.74, 6) is 0.503. The van der Waals surface area contributed by atoms with Gasteiger partial charge in [0.15, 0.2) is 0 Å². The Labute approximate surface area is 120 Å². The second kappa shape index (κ2) is 4.47. The summed E-state index contributed by atoms with van der Waals surface area (Å²) in [7, 11) is 0. The Balaban J connectivity index is 1.67. The first-order valence-corrected chi connectivity index (χ1v) is 7.28. The minimum Gasteiger partial charge on any atom is -0.301 e. The van der Waals surface area contributed by atoms with Gasteiger partial charge in [0.25, 0.3) is 0 Å². The molecule has 1 aromatic rings. The van der Waals surface area contributed by atoms with Gasteiger partial charge >= 0.3 is 6.18 Å². The minimum atomic E-state index is -4.30. The van der Waals surface area contributed by atoms with Crippen LogP contribution in [0.25, 0.3) is 0 Å². The molecule has 0 saturated carbocycles. The van der Waals surface area contributed by atoms with Crippen molar-refractivity contribution in [1.29, 1.82) is 0 Å². The Morgan fingerprint density at radius 2 is 1.95 bits per heavy atom. The SMILES string of the molecule is FC(F)(F)c1cccc(C2NN=C3C4CCN(CC4)C32)c1. The molecular weight excluding hydrogens is 279 g/mol. The van der Waals surface area contributed by atoms with Gasteiger partial charge in [0.05, 0.1) is 23.4 Å². The molecule has 4 aliphatic rings. The van der Waals surface area contributed by atoms with Crippen molar-refractivity contribution in [3.05, 3.63) is 35.4 Å². The fourth-order valence-electron chi connectivity index (χ4n) is 3.82. The molecular formula is C15H16F3N3. The van der Waals surface area contributed by atoms with Gasteiger partial charge in [-0.05, 0) is 43.6 Å². The van der Waals surface area contributed by atoms with Crippen molar-refractivity contribution < 1.29 is 13.2 Å². The number of rotatable bonds is 1. The van der Waals surface area contributed by atoms with E-state index in [1.165, 1.54) is 12.1 Å². The Bertz CT molecular complexity index is 588. The van der Waals surface area contributed by atoms with Crippen LogP contribution < -0.4 is 5.43 Å². The van der Waals surface area contributed by atoms with Crippen LogP contribution in [0.3, 0.4) is 0 Å². The third-order valence-electron chi connectivity index (χ3n) is 4.87. The molecule has 3 nitrogen and oxygen atoms in total. The fourth-order valence-corrected chi connectivity index (χ4v) is 3.82. The second-order valence-corrected chi connectivity index (χ2v) is 6.02. The number of hydrogen-bond acceptors (Lipinski definition) is 3. The maximum atomic E-state index is 12.9. The molecule has 5 rings (SSSR count). The maximum absolute atomic E-state index is 12.9. The van der Waals surface area contributed by atoms with Gasteiger partial charge in [0.1, 0.15) is 0 Å². The zero-order valence-electron chi connectivity index (χ0n) is 11.4. The van der Waals surface area contributed by atoms with E-state index in [9.17, 15) is 13.2 Å². The molecule has 0 spiro atoms. The smallest absolute Gasteiger partial charge is 0.301 e. The molecule has 3 saturated heterocycles. The van der Waals surface area contributed by atoms with E-state index in [2.05, 4.69) is 15.4 Å². The van der Waals surface area contributed by atoms with Crippen LogP contribution in [0, 0.1) is 5.92 Å². The third-order valence-corrected chi connectivity index (χ3v) is 4.87. The molecule has 21 heavy (non-hydrogen) atoms. The number of fused-ring (bicyclic) bond motifs is 2. The highest BCUT2D eigenvalue weighted by molar-refractivity contribution is 5.95. The largest absolute Gasteiger partial charge is 0.416 e. The Morgan fingerprint density at radius 1 is 1.19 bits per heavy atom. The molecule has 0 aliphatic carbocycles. The number of alkyl halides is 3. The van der Waals surface area contributed by atoms with Gasteiger partial charge in [-0.3, -0.25) is 4.90 Å². The normalized spacial score (nSPS) is 34.3. The van der Waals surface area contributed by atoms with E-state index in [-0.39, 0.29) is 12.1 Å². The van der Waals surface area contributed by atoms with Crippen molar-refractivity contribution in [1.82, 2.24) is 10.3 Å². The number of nitrogens with zero attached hydrogens (tertiary/aromatic N) is 2. The van der Waals surface area contributed by atoms with Gasteiger partial charge in [-0.2, -0.15) is 18.3 Å². The van der Waals surface area contributed by atoms with Crippen molar-refractivity contribution in [2.24, 2.45) is 11.0 Å². The van der Waals surface area contributed by atoms with Crippen molar-refractivity contribution in [2.45, 2.75) is 31.1 Å². The van der Waals surface area contributed by atoms with Gasteiger partial charge in [0.2, 0.25) is 0 Å². The van der Waals surface area contributed by atoms with E-state index in [4.69, 9.17) is 0 Å². The van der Waals surface area contributed by atoms with Gasteiger partial charge in [-0.15, -0.1) is 0 Å². The average molecular weight is 295 g/mol. The van der Waals surface area contributed by atoms with E-state index in [1.807, 2.05) is 0 Å². The van der Waals surface area contributed by atoms with Crippen molar-refractivity contribution >= 4 is 5.71 Å². The van der Waals surface area contributed by atoms with Gasteiger partial charge < -0.3 is 5.43 Å². The summed E-state index contributed by atoms with van der Waals surface area (Å²) < 4.78 is 38.6. The van der Waals surface area contributed by atoms with Crippen LogP contribution >= 0.6 is 0 Å². The van der Waals surface area contributed by atoms with E-state index >= 15 is 0 Å². The highest BCUT2D eigenvalue weighted by atomic mass is 19.4. The van der Waals surface area contributed by atoms with Gasteiger partial charge in [-0.1, -0.05) is 12.1 Å². The molecule has 0 radical (unpaired) electrons. The standard InChI is InChI=1S/C15H16F3N3/c16-15(17,18)11-3-1-2-10(8-11)13-14-12(19-20-13)9-4-6-21(14)7-5-9/h1-3,8-9,13-14,20H,4-7H2. The maximum Gasteiger partial charge on any atom is 0.416 e. The summed E-state index contributed by atoms with van der Waals surface area (Å²) >= 11 is 0. The van der Waals surface area contributed by atoms with Crippen LogP contribution in [-0.4, -0.2) is 29.7 Å². The first-order chi connectivity index (χ1) is 10.0. The lowest BCUT2D eigenvalue weighted by Crippen LogP contribution is -2.56. The van der Waals surface area contributed by atoms with E-state index in [0.717, 1.165) is 37.7 Å². The highest BCUT2D eigenvalue weighted by Gasteiger charge is 2.47. The monoisotopic (exact) mass is 295 g/mol. The van der Waals surface area contributed by atoms with Crippen LogP contribution in [0.15, 0.2) is 29.4 Å². The number of hydrazone groups is 1. The van der Waals surface area contributed by atoms with Gasteiger partial charge in [0, 0.05) is 5.92 Å². The molecule has 1 N–H and O–H groups in total. The topological polar surface area (TPSA) is 27.6 Å². The number of piperidine rings is 3. The molecule has 4 aliphatic heterocycles. The lowest BCUT2D eigenvalue weighted by Gasteiger charge is -2.45. The molecule has 2 unspecified atom stereocenters. The third kappa shape index (κ3) is 2.04. The molecule has 0 aromatic heterocycles. The average Bonchev–Trinajstić information content (AvgIpc) is 2.95. The molecule has 6 heteroatoms. The summed E-state index contributed by atoms with van der Waals surface area (Å²) in [4.78, 5) is 2.35. The van der Waals surface area contributed by atoms with Crippen LogP contribution in [0.5, 0.6) is 0 Å². The summed E-state index contributed by atoms with van der Waals surface area (Å²) in [5.41, 5.74) is 4.28. The molecule has 112 valence electrons. The van der Waals surface area contributed by atoms with E-state index in [1.54, 1.807) is 6.07 Å². The van der Waals surface area contributed by atoms with Crippen LogP contribution in [0.1, 0.15) is 30.0 Å². The zero-order chi connectivity index (χ0) is 14.6. The first-order valence-electron chi connectivity index (χ1n) is 7.28. The second-order valence-electron chi connectivity index (χ2n) is 6.02. The summed E-state index contributed by atoms with van der Waals surface area (Å²) in [6.45, 7) is 2.04. The molecule has 0 amide bonds. The van der Waals surface area contributed by atoms with Crippen molar-refractivity contribution in [3.63, 3.8) is 0 Å². The van der Waals surface area contributed by atoms with E-state index < -0.39 is 11.7 Å². The molecule has 4 heterocycles. The number of halogens is 3.